The molecule has 6 heteroatoms. The summed E-state index contributed by atoms with van der Waals surface area (Å²) in [6, 6.07) is 0.503. The van der Waals surface area contributed by atoms with Gasteiger partial charge in [-0.05, 0) is 19.3 Å². The molecule has 2 heterocycles. The Balaban J connectivity index is 1.51. The van der Waals surface area contributed by atoms with Crippen molar-refractivity contribution < 1.29 is 14.6 Å². The largest absolute Gasteiger partial charge is 0.452 e. The molecule has 1 saturated carbocycles. The average Bonchev–Trinajstić information content (AvgIpc) is 2.93. The van der Waals surface area contributed by atoms with Crippen LogP contribution in [0.25, 0.3) is 0 Å². The van der Waals surface area contributed by atoms with E-state index in [0.717, 1.165) is 32.4 Å². The topological polar surface area (TPSA) is 56.6 Å². The molecule has 1 aliphatic carbocycles. The maximum absolute atomic E-state index is 11.3. The lowest BCUT2D eigenvalue weighted by Crippen LogP contribution is -2.42. The number of aromatic nitrogens is 2. The van der Waals surface area contributed by atoms with E-state index in [-0.39, 0.29) is 0 Å². The molecule has 0 radical (unpaired) electrons. The van der Waals surface area contributed by atoms with E-state index in [1.54, 1.807) is 17.3 Å². The van der Waals surface area contributed by atoms with Crippen molar-refractivity contribution in [3.63, 3.8) is 0 Å². The van der Waals surface area contributed by atoms with Crippen LogP contribution in [0.5, 0.6) is 5.75 Å². The monoisotopic (exact) mass is 223 g/mol. The van der Waals surface area contributed by atoms with Gasteiger partial charge in [0.15, 0.2) is 0 Å². The highest BCUT2D eigenvalue weighted by molar-refractivity contribution is 5.67. The third-order valence-electron chi connectivity index (χ3n) is 2.82. The van der Waals surface area contributed by atoms with Crippen LogP contribution in [0.1, 0.15) is 25.3 Å². The number of hydrogen-bond donors (Lipinski definition) is 0. The van der Waals surface area contributed by atoms with Gasteiger partial charge in [-0.25, -0.2) is 9.68 Å². The zero-order valence-corrected chi connectivity index (χ0v) is 8.83. The van der Waals surface area contributed by atoms with Crippen LogP contribution >= 0.6 is 0 Å². The Bertz CT molecular complexity index is 396. The van der Waals surface area contributed by atoms with Crippen molar-refractivity contribution in [2.75, 3.05) is 13.1 Å². The molecule has 0 aromatic carbocycles. The summed E-state index contributed by atoms with van der Waals surface area (Å²) in [5.74, 6) is 0.473. The van der Waals surface area contributed by atoms with E-state index < -0.39 is 6.09 Å². The Hall–Kier alpha value is -1.72. The van der Waals surface area contributed by atoms with E-state index in [4.69, 9.17) is 4.89 Å². The maximum Gasteiger partial charge on any atom is 0.452 e. The molecule has 1 amide bonds. The van der Waals surface area contributed by atoms with Crippen LogP contribution in [0.4, 0.5) is 4.79 Å². The fraction of sp³-hybridized carbons (Fsp3) is 0.600. The molecule has 0 spiro atoms. The Morgan fingerprint density at radius 3 is 2.88 bits per heavy atom. The summed E-state index contributed by atoms with van der Waals surface area (Å²) in [7, 11) is 0. The van der Waals surface area contributed by atoms with Crippen LogP contribution in [0.15, 0.2) is 12.4 Å². The molecule has 2 aliphatic rings. The first kappa shape index (κ1) is 9.50. The Morgan fingerprint density at radius 2 is 2.25 bits per heavy atom. The minimum Gasteiger partial charge on any atom is -0.305 e. The van der Waals surface area contributed by atoms with Crippen LogP contribution in [0.3, 0.4) is 0 Å². The van der Waals surface area contributed by atoms with Gasteiger partial charge < -0.3 is 4.90 Å². The highest BCUT2D eigenvalue weighted by Crippen LogP contribution is 2.34. The van der Waals surface area contributed by atoms with Gasteiger partial charge in [-0.15, -0.1) is 0 Å². The van der Waals surface area contributed by atoms with Gasteiger partial charge in [0.1, 0.15) is 0 Å². The highest BCUT2D eigenvalue weighted by atomic mass is 17.2. The number of carbonyl (C=O) groups is 1. The van der Waals surface area contributed by atoms with E-state index in [1.165, 1.54) is 0 Å². The van der Waals surface area contributed by atoms with Gasteiger partial charge in [-0.1, -0.05) is 0 Å². The van der Waals surface area contributed by atoms with Gasteiger partial charge in [0.25, 0.3) is 0 Å². The van der Waals surface area contributed by atoms with E-state index in [9.17, 15) is 4.79 Å². The number of amides is 1. The normalized spacial score (nSPS) is 19.1. The summed E-state index contributed by atoms with van der Waals surface area (Å²) in [6.45, 7) is 1.51. The van der Waals surface area contributed by atoms with Crippen molar-refractivity contribution in [3.05, 3.63) is 12.4 Å². The molecule has 6 nitrogen and oxygen atoms in total. The van der Waals surface area contributed by atoms with E-state index in [2.05, 4.69) is 9.99 Å². The molecular weight excluding hydrogens is 210 g/mol. The molecule has 0 atom stereocenters. The molecule has 1 aromatic rings. The first-order valence-corrected chi connectivity index (χ1v) is 5.50. The Labute approximate surface area is 92.7 Å². The molecule has 1 saturated heterocycles. The molecule has 1 aliphatic heterocycles. The second-order valence-corrected chi connectivity index (χ2v) is 4.16. The summed E-state index contributed by atoms with van der Waals surface area (Å²) in [6.07, 6.45) is 6.24. The highest BCUT2D eigenvalue weighted by Gasteiger charge is 2.25. The molecule has 3 rings (SSSR count). The zero-order chi connectivity index (χ0) is 11.0. The van der Waals surface area contributed by atoms with Crippen molar-refractivity contribution >= 4 is 6.09 Å². The van der Waals surface area contributed by atoms with Crippen molar-refractivity contribution in [1.29, 1.82) is 0 Å². The first-order valence-electron chi connectivity index (χ1n) is 5.50. The summed E-state index contributed by atoms with van der Waals surface area (Å²) >= 11 is 0. The summed E-state index contributed by atoms with van der Waals surface area (Å²) < 4.78 is 1.84. The SMILES string of the molecule is O=C(OOc1cnn(C2CC2)c1)N1CCC1. The number of hydrogen-bond acceptors (Lipinski definition) is 4. The predicted octanol–water partition coefficient (Wildman–Crippen LogP) is 1.35. The van der Waals surface area contributed by atoms with E-state index >= 15 is 0 Å². The third kappa shape index (κ3) is 1.82. The first-order chi connectivity index (χ1) is 7.83. The number of nitrogens with zero attached hydrogens (tertiary/aromatic N) is 3. The van der Waals surface area contributed by atoms with E-state index in [1.807, 2.05) is 4.68 Å². The fourth-order valence-electron chi connectivity index (χ4n) is 1.54. The lowest BCUT2D eigenvalue weighted by Gasteiger charge is -2.28. The molecule has 1 aromatic heterocycles. The molecule has 0 unspecified atom stereocenters. The number of carbonyl (C=O) groups excluding carboxylic acids is 1. The minimum atomic E-state index is -0.426. The van der Waals surface area contributed by atoms with E-state index in [0.29, 0.717) is 11.8 Å². The smallest absolute Gasteiger partial charge is 0.305 e. The molecule has 16 heavy (non-hydrogen) atoms. The third-order valence-corrected chi connectivity index (χ3v) is 2.82. The lowest BCUT2D eigenvalue weighted by molar-refractivity contribution is -0.157. The zero-order valence-electron chi connectivity index (χ0n) is 8.83. The lowest BCUT2D eigenvalue weighted by atomic mass is 10.2. The van der Waals surface area contributed by atoms with Gasteiger partial charge >= 0.3 is 6.09 Å². The number of rotatable bonds is 3. The van der Waals surface area contributed by atoms with Crippen LogP contribution in [-0.4, -0.2) is 33.9 Å². The maximum atomic E-state index is 11.3. The van der Waals surface area contributed by atoms with Crippen molar-refractivity contribution in [1.82, 2.24) is 14.7 Å². The molecule has 86 valence electrons. The van der Waals surface area contributed by atoms with Crippen LogP contribution in [-0.2, 0) is 4.89 Å². The van der Waals surface area contributed by atoms with Crippen LogP contribution in [0.2, 0.25) is 0 Å². The Kier molecular flexibility index (Phi) is 2.19. The van der Waals surface area contributed by atoms with Crippen molar-refractivity contribution in [2.45, 2.75) is 25.3 Å². The molecule has 2 fully saturated rings. The van der Waals surface area contributed by atoms with Crippen LogP contribution < -0.4 is 4.89 Å². The Morgan fingerprint density at radius 1 is 1.44 bits per heavy atom. The van der Waals surface area contributed by atoms with Crippen molar-refractivity contribution in [2.24, 2.45) is 0 Å². The minimum absolute atomic E-state index is 0.426. The van der Waals surface area contributed by atoms with Gasteiger partial charge in [0.05, 0.1) is 18.4 Å². The van der Waals surface area contributed by atoms with Gasteiger partial charge in [-0.3, -0.25) is 9.57 Å². The predicted molar refractivity (Wildman–Crippen MR) is 53.8 cm³/mol. The second kappa shape index (κ2) is 3.70. The van der Waals surface area contributed by atoms with Gasteiger partial charge in [-0.2, -0.15) is 5.10 Å². The summed E-state index contributed by atoms with van der Waals surface area (Å²) in [5.41, 5.74) is 0. The molecule has 0 bridgehead atoms. The van der Waals surface area contributed by atoms with Gasteiger partial charge in [0, 0.05) is 13.1 Å². The fourth-order valence-corrected chi connectivity index (χ4v) is 1.54. The standard InChI is InChI=1S/C10H13N3O3/c14-10(12-4-1-5-12)16-15-9-6-11-13(7-9)8-2-3-8/h6-8H,1-5H2. The molecular formula is C10H13N3O3. The summed E-state index contributed by atoms with van der Waals surface area (Å²) in [5, 5.41) is 4.12. The van der Waals surface area contributed by atoms with Crippen molar-refractivity contribution in [3.8, 4) is 5.75 Å². The average molecular weight is 223 g/mol. The second-order valence-electron chi connectivity index (χ2n) is 4.16. The van der Waals surface area contributed by atoms with Gasteiger partial charge in [0.2, 0.25) is 5.75 Å². The molecule has 0 N–H and O–H groups in total. The van der Waals surface area contributed by atoms with Crippen LogP contribution in [0, 0.1) is 0 Å². The number of likely N-dealkylation sites (tertiary alicyclic amines) is 1. The summed E-state index contributed by atoms with van der Waals surface area (Å²) in [4.78, 5) is 22.5. The quantitative estimate of drug-likeness (QED) is 0.573.